The molecule has 2 aromatic carbocycles. The number of unbranched alkanes of at least 4 members (excludes halogenated alkanes) is 27. The zero-order valence-electron chi connectivity index (χ0n) is 39.9. The fourth-order valence-electron chi connectivity index (χ4n) is 7.47. The molecular weight excluding hydrogens is 755 g/mol. The van der Waals surface area contributed by atoms with E-state index < -0.39 is 8.07 Å². The van der Waals surface area contributed by atoms with E-state index >= 15 is 0 Å². The van der Waals surface area contributed by atoms with Crippen LogP contribution < -0.4 is 19.5 Å². The van der Waals surface area contributed by atoms with Gasteiger partial charge in [-0.05, 0) is 55.7 Å². The molecule has 5 nitrogen and oxygen atoms in total. The number of hydrogen-bond acceptors (Lipinski definition) is 4. The molecule has 2 aromatic rings. The Hall–Kier alpha value is -2.91. The van der Waals surface area contributed by atoms with Crippen molar-refractivity contribution in [2.75, 3.05) is 25.1 Å². The van der Waals surface area contributed by atoms with E-state index in [1.807, 2.05) is 36.4 Å². The Kier molecular flexibility index (Phi) is 31.6. The average molecular weight is 846 g/mol. The zero-order valence-corrected chi connectivity index (χ0v) is 40.9. The maximum atomic E-state index is 13.9. The number of carbonyl (C=O) groups is 1. The highest BCUT2D eigenvalue weighted by atomic mass is 28.3. The summed E-state index contributed by atoms with van der Waals surface area (Å²) in [4.78, 5) is 13.9. The molecule has 0 fully saturated rings. The van der Waals surface area contributed by atoms with E-state index in [1.165, 1.54) is 154 Å². The number of hydrogen-bond donors (Lipinski definition) is 1. The number of amides is 1. The normalized spacial score (nSPS) is 11.3. The summed E-state index contributed by atoms with van der Waals surface area (Å²) in [5.74, 6) is 4.99. The number of nitrogens with one attached hydrogen (secondary N) is 1. The van der Waals surface area contributed by atoms with E-state index in [2.05, 4.69) is 57.2 Å². The number of carbonyl (C=O) groups excluding carboxylic acids is 1. The summed E-state index contributed by atoms with van der Waals surface area (Å²) in [5, 5.41) is 3.12. The van der Waals surface area contributed by atoms with Crippen LogP contribution in [0.4, 0.5) is 5.69 Å². The Balaban J connectivity index is 2.14. The zero-order chi connectivity index (χ0) is 43.4. The molecule has 0 heterocycles. The van der Waals surface area contributed by atoms with Gasteiger partial charge in [-0.25, -0.2) is 0 Å². The highest BCUT2D eigenvalue weighted by Gasteiger charge is 2.20. The van der Waals surface area contributed by atoms with E-state index in [4.69, 9.17) is 14.2 Å². The van der Waals surface area contributed by atoms with Crippen molar-refractivity contribution in [1.82, 2.24) is 0 Å². The Morgan fingerprint density at radius 3 is 1.17 bits per heavy atom. The van der Waals surface area contributed by atoms with E-state index in [0.717, 1.165) is 49.8 Å². The van der Waals surface area contributed by atoms with Crippen molar-refractivity contribution < 1.29 is 19.0 Å². The predicted molar refractivity (Wildman–Crippen MR) is 263 cm³/mol. The van der Waals surface area contributed by atoms with Gasteiger partial charge in [0.05, 0.1) is 19.8 Å². The van der Waals surface area contributed by atoms with Gasteiger partial charge < -0.3 is 19.5 Å². The molecule has 0 aliphatic rings. The second-order valence-corrected chi connectivity index (χ2v) is 23.2. The van der Waals surface area contributed by atoms with Crippen molar-refractivity contribution in [1.29, 1.82) is 0 Å². The monoisotopic (exact) mass is 846 g/mol. The second kappa shape index (κ2) is 35.7. The van der Waals surface area contributed by atoms with Crippen LogP contribution in [0.5, 0.6) is 17.2 Å². The first-order valence-corrected chi connectivity index (χ1v) is 28.8. The van der Waals surface area contributed by atoms with Gasteiger partial charge in [0.2, 0.25) is 5.75 Å². The first kappa shape index (κ1) is 53.2. The van der Waals surface area contributed by atoms with Crippen molar-refractivity contribution in [3.63, 3.8) is 0 Å². The van der Waals surface area contributed by atoms with Gasteiger partial charge in [0.1, 0.15) is 8.07 Å². The van der Waals surface area contributed by atoms with Crippen molar-refractivity contribution in [3.05, 3.63) is 47.5 Å². The third kappa shape index (κ3) is 27.8. The molecule has 0 atom stereocenters. The highest BCUT2D eigenvalue weighted by molar-refractivity contribution is 6.83. The summed E-state index contributed by atoms with van der Waals surface area (Å²) in [6.07, 6.45) is 38.2. The van der Waals surface area contributed by atoms with Gasteiger partial charge in [-0.3, -0.25) is 4.79 Å². The molecule has 0 bridgehead atoms. The number of ether oxygens (including phenoxy) is 3. The lowest BCUT2D eigenvalue weighted by atomic mass is 10.1. The summed E-state index contributed by atoms with van der Waals surface area (Å²) >= 11 is 0. The molecule has 0 aromatic heterocycles. The lowest BCUT2D eigenvalue weighted by molar-refractivity contribution is 0.102. The fourth-order valence-corrected chi connectivity index (χ4v) is 7.99. The highest BCUT2D eigenvalue weighted by Crippen LogP contribution is 2.40. The van der Waals surface area contributed by atoms with Gasteiger partial charge in [0, 0.05) is 16.8 Å². The SMILES string of the molecule is CCCCCCCCCCCCOc1cc(C(=O)Nc2ccc(C#C[Si](C)(C)C)cc2)cc(OCCCCCCCCCCCC)c1OCCCCCCCCCCCC. The number of rotatable bonds is 38. The molecule has 0 saturated carbocycles. The standard InChI is InChI=1S/C54H91NO4Si/c1-7-10-13-16-19-22-25-28-31-34-42-57-51-46-49(54(56)55-50-39-37-48(38-40-50)41-45-60(4,5)6)47-52(58-43-35-32-29-26-23-20-17-14-11-8-2)53(51)59-44-36-33-30-27-24-21-18-15-12-9-3/h37-40,46-47H,7-36,42-44H2,1-6H3,(H,55,56). The van der Waals surface area contributed by atoms with E-state index in [9.17, 15) is 4.79 Å². The minimum absolute atomic E-state index is 0.190. The summed E-state index contributed by atoms with van der Waals surface area (Å²) < 4.78 is 19.6. The maximum Gasteiger partial charge on any atom is 0.255 e. The molecular formula is C54H91NO4Si. The van der Waals surface area contributed by atoms with Gasteiger partial charge in [-0.1, -0.05) is 220 Å². The first-order chi connectivity index (χ1) is 29.3. The van der Waals surface area contributed by atoms with Gasteiger partial charge in [0.15, 0.2) is 11.5 Å². The van der Waals surface area contributed by atoms with Crippen LogP contribution in [-0.2, 0) is 0 Å². The van der Waals surface area contributed by atoms with Crippen LogP contribution in [0, 0.1) is 11.5 Å². The molecule has 2 rings (SSSR count). The largest absolute Gasteiger partial charge is 0.490 e. The summed E-state index contributed by atoms with van der Waals surface area (Å²) in [6, 6.07) is 11.6. The maximum absolute atomic E-state index is 13.9. The third-order valence-corrected chi connectivity index (χ3v) is 12.1. The Morgan fingerprint density at radius 2 is 0.817 bits per heavy atom. The number of anilines is 1. The van der Waals surface area contributed by atoms with Crippen LogP contribution in [0.15, 0.2) is 36.4 Å². The molecule has 0 saturated heterocycles. The topological polar surface area (TPSA) is 56.8 Å². The minimum atomic E-state index is -1.48. The Bertz CT molecular complexity index is 1360. The van der Waals surface area contributed by atoms with Crippen molar-refractivity contribution in [2.45, 2.75) is 233 Å². The third-order valence-electron chi connectivity index (χ3n) is 11.3. The smallest absolute Gasteiger partial charge is 0.255 e. The molecule has 0 radical (unpaired) electrons. The molecule has 0 unspecified atom stereocenters. The van der Waals surface area contributed by atoms with Crippen molar-refractivity contribution in [3.8, 4) is 28.7 Å². The Morgan fingerprint density at radius 1 is 0.483 bits per heavy atom. The molecule has 1 amide bonds. The van der Waals surface area contributed by atoms with Crippen LogP contribution in [0.1, 0.15) is 229 Å². The van der Waals surface area contributed by atoms with Crippen LogP contribution in [0.2, 0.25) is 19.6 Å². The van der Waals surface area contributed by atoms with Gasteiger partial charge >= 0.3 is 0 Å². The van der Waals surface area contributed by atoms with Crippen LogP contribution in [0.25, 0.3) is 0 Å². The Labute approximate surface area is 371 Å². The van der Waals surface area contributed by atoms with Crippen molar-refractivity contribution in [2.24, 2.45) is 0 Å². The van der Waals surface area contributed by atoms with Crippen LogP contribution >= 0.6 is 0 Å². The summed E-state index contributed by atoms with van der Waals surface area (Å²) in [5.41, 5.74) is 5.64. The van der Waals surface area contributed by atoms with Crippen LogP contribution in [-0.4, -0.2) is 33.8 Å². The molecule has 60 heavy (non-hydrogen) atoms. The van der Waals surface area contributed by atoms with E-state index in [-0.39, 0.29) is 5.91 Å². The lowest BCUT2D eigenvalue weighted by Crippen LogP contribution is -2.16. The fraction of sp³-hybridized carbons (Fsp3) is 0.722. The molecule has 1 N–H and O–H groups in total. The molecule has 0 aliphatic carbocycles. The summed E-state index contributed by atoms with van der Waals surface area (Å²) in [7, 11) is -1.48. The lowest BCUT2D eigenvalue weighted by Gasteiger charge is -2.19. The van der Waals surface area contributed by atoms with Crippen LogP contribution in [0.3, 0.4) is 0 Å². The van der Waals surface area contributed by atoms with E-state index in [1.54, 1.807) is 0 Å². The quantitative estimate of drug-likeness (QED) is 0.0416. The molecule has 6 heteroatoms. The average Bonchev–Trinajstić information content (AvgIpc) is 3.23. The molecule has 0 spiro atoms. The van der Waals surface area contributed by atoms with Gasteiger partial charge in [-0.2, -0.15) is 0 Å². The van der Waals surface area contributed by atoms with E-state index in [0.29, 0.717) is 42.6 Å². The molecule has 340 valence electrons. The molecule has 0 aliphatic heterocycles. The van der Waals surface area contributed by atoms with Crippen molar-refractivity contribution >= 4 is 19.7 Å². The van der Waals surface area contributed by atoms with Gasteiger partial charge in [-0.15, -0.1) is 5.54 Å². The number of benzene rings is 2. The van der Waals surface area contributed by atoms with Gasteiger partial charge in [0.25, 0.3) is 5.91 Å². The minimum Gasteiger partial charge on any atom is -0.490 e. The summed E-state index contributed by atoms with van der Waals surface area (Å²) in [6.45, 7) is 15.4. The predicted octanol–water partition coefficient (Wildman–Crippen LogP) is 17.1. The second-order valence-electron chi connectivity index (χ2n) is 18.4. The first-order valence-electron chi connectivity index (χ1n) is 25.3.